The average molecular weight is 413 g/mol. The molecular formula is C25H36N2O3. The Kier molecular flexibility index (Phi) is 9.00. The zero-order chi connectivity index (χ0) is 21.2. The summed E-state index contributed by atoms with van der Waals surface area (Å²) in [7, 11) is 3.92. The van der Waals surface area contributed by atoms with Crippen molar-refractivity contribution in [2.75, 3.05) is 53.6 Å². The van der Waals surface area contributed by atoms with E-state index in [4.69, 9.17) is 14.6 Å². The topological polar surface area (TPSA) is 45.2 Å². The van der Waals surface area contributed by atoms with Crippen LogP contribution in [-0.2, 0) is 13.0 Å². The molecular weight excluding hydrogens is 376 g/mol. The standard InChI is InChI=1S/C25H36N2O3/c1-26-13-10-22(11-14-26)19-27(15-12-21-6-8-24(29-2)9-7-21)20-23-4-3-5-25(18-23)30-17-16-28/h3-9,18,22,28H,10-17,19-20H2,1-2H3. The lowest BCUT2D eigenvalue weighted by Gasteiger charge is -2.33. The fraction of sp³-hybridized carbons (Fsp3) is 0.520. The summed E-state index contributed by atoms with van der Waals surface area (Å²) in [5.74, 6) is 2.49. The fourth-order valence-electron chi connectivity index (χ4n) is 4.08. The van der Waals surface area contributed by atoms with Gasteiger partial charge >= 0.3 is 0 Å². The maximum Gasteiger partial charge on any atom is 0.119 e. The van der Waals surface area contributed by atoms with Crippen molar-refractivity contribution in [2.24, 2.45) is 5.92 Å². The number of likely N-dealkylation sites (tertiary alicyclic amines) is 1. The number of piperidine rings is 1. The molecule has 0 aromatic heterocycles. The number of ether oxygens (including phenoxy) is 2. The van der Waals surface area contributed by atoms with Gasteiger partial charge in [-0.1, -0.05) is 24.3 Å². The van der Waals surface area contributed by atoms with Crippen LogP contribution in [0.2, 0.25) is 0 Å². The second-order valence-corrected chi connectivity index (χ2v) is 8.30. The zero-order valence-electron chi connectivity index (χ0n) is 18.4. The molecule has 5 nitrogen and oxygen atoms in total. The molecule has 0 spiro atoms. The summed E-state index contributed by atoms with van der Waals surface area (Å²) in [5, 5.41) is 9.01. The van der Waals surface area contributed by atoms with E-state index in [0.717, 1.165) is 43.5 Å². The lowest BCUT2D eigenvalue weighted by Crippen LogP contribution is -2.37. The van der Waals surface area contributed by atoms with E-state index in [1.165, 1.54) is 37.1 Å². The third-order valence-electron chi connectivity index (χ3n) is 5.89. The molecule has 0 unspecified atom stereocenters. The summed E-state index contributed by atoms with van der Waals surface area (Å²) in [6, 6.07) is 16.7. The van der Waals surface area contributed by atoms with Gasteiger partial charge in [-0.25, -0.2) is 0 Å². The molecule has 0 bridgehead atoms. The first kappa shape index (κ1) is 22.6. The minimum atomic E-state index is 0.0361. The van der Waals surface area contributed by atoms with Gasteiger partial charge in [0.05, 0.1) is 13.7 Å². The van der Waals surface area contributed by atoms with Gasteiger partial charge in [0.1, 0.15) is 18.1 Å². The Labute approximate surface area is 181 Å². The van der Waals surface area contributed by atoms with Gasteiger partial charge in [-0.15, -0.1) is 0 Å². The van der Waals surface area contributed by atoms with Gasteiger partial charge in [0, 0.05) is 19.6 Å². The quantitative estimate of drug-likeness (QED) is 0.612. The van der Waals surface area contributed by atoms with Crippen LogP contribution in [-0.4, -0.2) is 68.5 Å². The summed E-state index contributed by atoms with van der Waals surface area (Å²) in [6.07, 6.45) is 3.57. The van der Waals surface area contributed by atoms with Crippen molar-refractivity contribution >= 4 is 0 Å². The molecule has 1 heterocycles. The van der Waals surface area contributed by atoms with E-state index >= 15 is 0 Å². The number of aliphatic hydroxyl groups is 1. The Bertz CT molecular complexity index is 742. The van der Waals surface area contributed by atoms with Crippen molar-refractivity contribution in [3.05, 3.63) is 59.7 Å². The summed E-state index contributed by atoms with van der Waals surface area (Å²) in [5.41, 5.74) is 2.59. The monoisotopic (exact) mass is 412 g/mol. The Hall–Kier alpha value is -2.08. The van der Waals surface area contributed by atoms with Crippen LogP contribution in [0.15, 0.2) is 48.5 Å². The molecule has 0 aliphatic carbocycles. The second-order valence-electron chi connectivity index (χ2n) is 8.30. The minimum Gasteiger partial charge on any atom is -0.497 e. The molecule has 30 heavy (non-hydrogen) atoms. The van der Waals surface area contributed by atoms with Crippen molar-refractivity contribution < 1.29 is 14.6 Å². The first-order valence-electron chi connectivity index (χ1n) is 11.0. The summed E-state index contributed by atoms with van der Waals surface area (Å²) >= 11 is 0. The number of rotatable bonds is 11. The van der Waals surface area contributed by atoms with Gasteiger partial charge in [-0.05, 0) is 80.7 Å². The molecule has 1 aliphatic rings. The highest BCUT2D eigenvalue weighted by Gasteiger charge is 2.20. The third kappa shape index (κ3) is 7.31. The van der Waals surface area contributed by atoms with E-state index in [9.17, 15) is 0 Å². The second kappa shape index (κ2) is 11.9. The molecule has 2 aromatic carbocycles. The average Bonchev–Trinajstić information content (AvgIpc) is 2.78. The van der Waals surface area contributed by atoms with E-state index in [1.807, 2.05) is 24.3 Å². The van der Waals surface area contributed by atoms with E-state index in [-0.39, 0.29) is 6.61 Å². The van der Waals surface area contributed by atoms with E-state index in [0.29, 0.717) is 6.61 Å². The minimum absolute atomic E-state index is 0.0361. The van der Waals surface area contributed by atoms with Crippen LogP contribution >= 0.6 is 0 Å². The molecule has 5 heteroatoms. The highest BCUT2D eigenvalue weighted by molar-refractivity contribution is 5.29. The Morgan fingerprint density at radius 1 is 1.03 bits per heavy atom. The molecule has 1 aliphatic heterocycles. The van der Waals surface area contributed by atoms with Crippen LogP contribution in [0.1, 0.15) is 24.0 Å². The first-order valence-corrected chi connectivity index (χ1v) is 11.0. The fourth-order valence-corrected chi connectivity index (χ4v) is 4.08. The van der Waals surface area contributed by atoms with Crippen LogP contribution in [0.5, 0.6) is 11.5 Å². The number of aliphatic hydroxyl groups excluding tert-OH is 1. The van der Waals surface area contributed by atoms with Gasteiger partial charge < -0.3 is 19.5 Å². The maximum atomic E-state index is 9.01. The zero-order valence-corrected chi connectivity index (χ0v) is 18.4. The number of hydrogen-bond donors (Lipinski definition) is 1. The molecule has 1 fully saturated rings. The van der Waals surface area contributed by atoms with Gasteiger partial charge in [0.2, 0.25) is 0 Å². The smallest absolute Gasteiger partial charge is 0.119 e. The summed E-state index contributed by atoms with van der Waals surface area (Å²) < 4.78 is 10.9. The van der Waals surface area contributed by atoms with Crippen LogP contribution < -0.4 is 9.47 Å². The SMILES string of the molecule is COc1ccc(CCN(Cc2cccc(OCCO)c2)CC2CCN(C)CC2)cc1. The van der Waals surface area contributed by atoms with E-state index in [1.54, 1.807) is 7.11 Å². The molecule has 3 rings (SSSR count). The normalized spacial score (nSPS) is 15.5. The van der Waals surface area contributed by atoms with Crippen molar-refractivity contribution in [3.63, 3.8) is 0 Å². The lowest BCUT2D eigenvalue weighted by atomic mass is 9.96. The first-order chi connectivity index (χ1) is 14.7. The molecule has 0 saturated carbocycles. The molecule has 2 aromatic rings. The largest absolute Gasteiger partial charge is 0.497 e. The van der Waals surface area contributed by atoms with Gasteiger partial charge in [0.15, 0.2) is 0 Å². The molecule has 0 atom stereocenters. The third-order valence-corrected chi connectivity index (χ3v) is 5.89. The van der Waals surface area contributed by atoms with Gasteiger partial charge in [-0.2, -0.15) is 0 Å². The molecule has 164 valence electrons. The van der Waals surface area contributed by atoms with Gasteiger partial charge in [0.25, 0.3) is 0 Å². The Morgan fingerprint density at radius 3 is 2.50 bits per heavy atom. The van der Waals surface area contributed by atoms with Crippen LogP contribution in [0, 0.1) is 5.92 Å². The van der Waals surface area contributed by atoms with Crippen molar-refractivity contribution in [1.29, 1.82) is 0 Å². The molecule has 0 radical (unpaired) electrons. The van der Waals surface area contributed by atoms with Crippen molar-refractivity contribution in [1.82, 2.24) is 9.80 Å². The highest BCUT2D eigenvalue weighted by atomic mass is 16.5. The Balaban J connectivity index is 1.63. The number of hydrogen-bond acceptors (Lipinski definition) is 5. The van der Waals surface area contributed by atoms with E-state index < -0.39 is 0 Å². The Morgan fingerprint density at radius 2 is 1.80 bits per heavy atom. The summed E-state index contributed by atoms with van der Waals surface area (Å²) in [6.45, 7) is 5.84. The molecule has 1 N–H and O–H groups in total. The lowest BCUT2D eigenvalue weighted by molar-refractivity contribution is 0.156. The predicted octanol–water partition coefficient (Wildman–Crippen LogP) is 3.45. The van der Waals surface area contributed by atoms with Crippen LogP contribution in [0.4, 0.5) is 0 Å². The van der Waals surface area contributed by atoms with E-state index in [2.05, 4.69) is 41.1 Å². The summed E-state index contributed by atoms with van der Waals surface area (Å²) in [4.78, 5) is 5.02. The molecule has 1 saturated heterocycles. The van der Waals surface area contributed by atoms with Crippen molar-refractivity contribution in [3.8, 4) is 11.5 Å². The maximum absolute atomic E-state index is 9.01. The highest BCUT2D eigenvalue weighted by Crippen LogP contribution is 2.21. The number of nitrogens with zero attached hydrogens (tertiary/aromatic N) is 2. The van der Waals surface area contributed by atoms with Crippen molar-refractivity contribution in [2.45, 2.75) is 25.8 Å². The predicted molar refractivity (Wildman–Crippen MR) is 121 cm³/mol. The van der Waals surface area contributed by atoms with Crippen LogP contribution in [0.3, 0.4) is 0 Å². The number of benzene rings is 2. The van der Waals surface area contributed by atoms with Gasteiger partial charge in [-0.3, -0.25) is 4.90 Å². The van der Waals surface area contributed by atoms with Crippen LogP contribution in [0.25, 0.3) is 0 Å². The molecule has 0 amide bonds. The number of methoxy groups -OCH3 is 1.